The van der Waals surface area contributed by atoms with Crippen LogP contribution in [0.15, 0.2) is 36.7 Å². The highest BCUT2D eigenvalue weighted by Gasteiger charge is 2.38. The van der Waals surface area contributed by atoms with Gasteiger partial charge in [-0.1, -0.05) is 12.1 Å². The molecule has 2 fully saturated rings. The number of amides is 1. The Hall–Kier alpha value is -1.92. The van der Waals surface area contributed by atoms with Crippen LogP contribution in [0.1, 0.15) is 10.4 Å². The first-order valence-electron chi connectivity index (χ1n) is 7.28. The summed E-state index contributed by atoms with van der Waals surface area (Å²) in [6.07, 6.45) is 3.24. The Labute approximate surface area is 134 Å². The fourth-order valence-corrected chi connectivity index (χ4v) is 3.36. The van der Waals surface area contributed by atoms with Crippen molar-refractivity contribution >= 4 is 18.3 Å². The maximum atomic E-state index is 12.8. The molecular formula is C15H18ClN5O. The van der Waals surface area contributed by atoms with Crippen LogP contribution in [-0.2, 0) is 0 Å². The largest absolute Gasteiger partial charge is 0.338 e. The number of carbonyl (C=O) groups excluding carboxylic acids is 1. The van der Waals surface area contributed by atoms with Gasteiger partial charge in [0.25, 0.3) is 5.91 Å². The highest BCUT2D eigenvalue weighted by molar-refractivity contribution is 5.97. The van der Waals surface area contributed by atoms with E-state index in [1.807, 2.05) is 29.2 Å². The van der Waals surface area contributed by atoms with Crippen LogP contribution in [0, 0.1) is 11.8 Å². The predicted molar refractivity (Wildman–Crippen MR) is 84.4 cm³/mol. The quantitative estimate of drug-likeness (QED) is 0.896. The van der Waals surface area contributed by atoms with Gasteiger partial charge in [-0.15, -0.1) is 12.4 Å². The number of fused-ring (bicyclic) bond motifs is 1. The maximum absolute atomic E-state index is 12.8. The number of aromatic nitrogens is 3. The first-order chi connectivity index (χ1) is 10.3. The van der Waals surface area contributed by atoms with Gasteiger partial charge in [0, 0.05) is 26.2 Å². The zero-order valence-corrected chi connectivity index (χ0v) is 12.9. The SMILES string of the molecule is Cl.O=C(c1ccccc1-n1nccn1)N1CC2CNCC2C1. The molecule has 0 aliphatic carbocycles. The summed E-state index contributed by atoms with van der Waals surface area (Å²) in [5.74, 6) is 1.28. The minimum atomic E-state index is 0. The van der Waals surface area contributed by atoms with Crippen LogP contribution in [0.4, 0.5) is 0 Å². The second kappa shape index (κ2) is 6.06. The summed E-state index contributed by atoms with van der Waals surface area (Å²) >= 11 is 0. The van der Waals surface area contributed by atoms with Crippen LogP contribution in [0.3, 0.4) is 0 Å². The molecule has 1 amide bonds. The molecule has 0 bridgehead atoms. The van der Waals surface area contributed by atoms with E-state index in [4.69, 9.17) is 0 Å². The van der Waals surface area contributed by atoms with Crippen molar-refractivity contribution in [3.05, 3.63) is 42.2 Å². The summed E-state index contributed by atoms with van der Waals surface area (Å²) in [6, 6.07) is 7.52. The van der Waals surface area contributed by atoms with Gasteiger partial charge in [0.05, 0.1) is 23.6 Å². The van der Waals surface area contributed by atoms with Crippen molar-refractivity contribution < 1.29 is 4.79 Å². The molecule has 0 radical (unpaired) electrons. The first-order valence-corrected chi connectivity index (χ1v) is 7.28. The third kappa shape index (κ3) is 2.48. The molecule has 22 heavy (non-hydrogen) atoms. The number of benzene rings is 1. The van der Waals surface area contributed by atoms with Gasteiger partial charge in [-0.05, 0) is 24.0 Å². The number of nitrogens with zero attached hydrogens (tertiary/aromatic N) is 4. The minimum absolute atomic E-state index is 0. The summed E-state index contributed by atoms with van der Waals surface area (Å²) in [6.45, 7) is 3.74. The molecule has 2 saturated heterocycles. The lowest BCUT2D eigenvalue weighted by Gasteiger charge is -2.19. The van der Waals surface area contributed by atoms with Gasteiger partial charge >= 0.3 is 0 Å². The van der Waals surface area contributed by atoms with Gasteiger partial charge < -0.3 is 10.2 Å². The molecule has 2 unspecified atom stereocenters. The van der Waals surface area contributed by atoms with E-state index >= 15 is 0 Å². The molecule has 2 aromatic rings. The molecule has 2 aliphatic heterocycles. The summed E-state index contributed by atoms with van der Waals surface area (Å²) in [5, 5.41) is 11.7. The monoisotopic (exact) mass is 319 g/mol. The van der Waals surface area contributed by atoms with E-state index < -0.39 is 0 Å². The third-order valence-corrected chi connectivity index (χ3v) is 4.45. The van der Waals surface area contributed by atoms with Crippen LogP contribution in [0.5, 0.6) is 0 Å². The molecule has 1 N–H and O–H groups in total. The van der Waals surface area contributed by atoms with Crippen molar-refractivity contribution in [1.82, 2.24) is 25.2 Å². The third-order valence-electron chi connectivity index (χ3n) is 4.45. The number of likely N-dealkylation sites (tertiary alicyclic amines) is 1. The van der Waals surface area contributed by atoms with Crippen LogP contribution in [0.2, 0.25) is 0 Å². The number of rotatable bonds is 2. The zero-order valence-electron chi connectivity index (χ0n) is 12.1. The van der Waals surface area contributed by atoms with Gasteiger partial charge in [-0.2, -0.15) is 15.0 Å². The van der Waals surface area contributed by atoms with Crippen molar-refractivity contribution in [2.75, 3.05) is 26.2 Å². The summed E-state index contributed by atoms with van der Waals surface area (Å²) in [5.41, 5.74) is 1.41. The lowest BCUT2D eigenvalue weighted by atomic mass is 10.0. The average molecular weight is 320 g/mol. The Bertz CT molecular complexity index is 648. The molecule has 2 atom stereocenters. The second-order valence-electron chi connectivity index (χ2n) is 5.72. The molecule has 0 saturated carbocycles. The molecule has 116 valence electrons. The number of hydrogen-bond donors (Lipinski definition) is 1. The van der Waals surface area contributed by atoms with Gasteiger partial charge in [0.1, 0.15) is 0 Å². The molecule has 7 heteroatoms. The van der Waals surface area contributed by atoms with E-state index in [-0.39, 0.29) is 18.3 Å². The van der Waals surface area contributed by atoms with Gasteiger partial charge in [0.2, 0.25) is 0 Å². The van der Waals surface area contributed by atoms with Gasteiger partial charge in [-0.25, -0.2) is 0 Å². The van der Waals surface area contributed by atoms with Crippen molar-refractivity contribution in [3.63, 3.8) is 0 Å². The Morgan fingerprint density at radius 1 is 1.09 bits per heavy atom. The number of carbonyl (C=O) groups is 1. The molecular weight excluding hydrogens is 302 g/mol. The number of hydrogen-bond acceptors (Lipinski definition) is 4. The van der Waals surface area contributed by atoms with Crippen LogP contribution in [0.25, 0.3) is 5.69 Å². The minimum Gasteiger partial charge on any atom is -0.338 e. The second-order valence-corrected chi connectivity index (χ2v) is 5.72. The molecule has 4 rings (SSSR count). The number of nitrogens with one attached hydrogen (secondary N) is 1. The molecule has 1 aromatic heterocycles. The van der Waals surface area contributed by atoms with Crippen molar-refractivity contribution in [2.45, 2.75) is 0 Å². The fraction of sp³-hybridized carbons (Fsp3) is 0.400. The van der Waals surface area contributed by atoms with Crippen molar-refractivity contribution in [2.24, 2.45) is 11.8 Å². The Morgan fingerprint density at radius 3 is 2.41 bits per heavy atom. The van der Waals surface area contributed by atoms with E-state index in [2.05, 4.69) is 15.5 Å². The maximum Gasteiger partial charge on any atom is 0.256 e. The highest BCUT2D eigenvalue weighted by atomic mass is 35.5. The molecule has 1 aromatic carbocycles. The fourth-order valence-electron chi connectivity index (χ4n) is 3.36. The predicted octanol–water partition coefficient (Wildman–Crippen LogP) is 0.980. The highest BCUT2D eigenvalue weighted by Crippen LogP contribution is 2.28. The topological polar surface area (TPSA) is 63.1 Å². The molecule has 2 aliphatic rings. The normalized spacial score (nSPS) is 23.2. The van der Waals surface area contributed by atoms with Crippen molar-refractivity contribution in [1.29, 1.82) is 0 Å². The zero-order chi connectivity index (χ0) is 14.2. The van der Waals surface area contributed by atoms with Crippen LogP contribution < -0.4 is 5.32 Å². The molecule has 3 heterocycles. The lowest BCUT2D eigenvalue weighted by molar-refractivity contribution is 0.0781. The Kier molecular flexibility index (Phi) is 4.13. The van der Waals surface area contributed by atoms with Crippen molar-refractivity contribution in [3.8, 4) is 5.69 Å². The number of para-hydroxylation sites is 1. The Balaban J connectivity index is 0.00000144. The lowest BCUT2D eigenvalue weighted by Crippen LogP contribution is -2.32. The average Bonchev–Trinajstić information content (AvgIpc) is 3.22. The van der Waals surface area contributed by atoms with E-state index in [1.54, 1.807) is 12.4 Å². The Morgan fingerprint density at radius 2 is 1.73 bits per heavy atom. The summed E-state index contributed by atoms with van der Waals surface area (Å²) in [4.78, 5) is 16.3. The van der Waals surface area contributed by atoms with E-state index in [1.165, 1.54) is 4.80 Å². The summed E-state index contributed by atoms with van der Waals surface area (Å²) < 4.78 is 0. The molecule has 0 spiro atoms. The van der Waals surface area contributed by atoms with E-state index in [9.17, 15) is 4.79 Å². The van der Waals surface area contributed by atoms with E-state index in [0.717, 1.165) is 31.9 Å². The smallest absolute Gasteiger partial charge is 0.256 e. The first kappa shape index (κ1) is 15.0. The van der Waals surface area contributed by atoms with Crippen LogP contribution in [-0.4, -0.2) is 52.0 Å². The van der Waals surface area contributed by atoms with E-state index in [0.29, 0.717) is 17.4 Å². The number of halogens is 1. The van der Waals surface area contributed by atoms with Gasteiger partial charge in [0.15, 0.2) is 0 Å². The van der Waals surface area contributed by atoms with Gasteiger partial charge in [-0.3, -0.25) is 4.79 Å². The summed E-state index contributed by atoms with van der Waals surface area (Å²) in [7, 11) is 0. The van der Waals surface area contributed by atoms with Crippen LogP contribution >= 0.6 is 12.4 Å². The standard InChI is InChI=1S/C15H17N5O.ClH/c21-15(19-9-11-7-16-8-12(11)10-19)13-3-1-2-4-14(13)20-17-5-6-18-20;/h1-6,11-12,16H,7-10H2;1H. The molecule has 6 nitrogen and oxygen atoms in total.